The fraction of sp³-hybridized carbons (Fsp3) is 0.120. The van der Waals surface area contributed by atoms with Crippen LogP contribution in [-0.4, -0.2) is 24.4 Å². The second-order valence-electron chi connectivity index (χ2n) is 6.82. The van der Waals surface area contributed by atoms with E-state index in [1.807, 2.05) is 30.3 Å². The van der Waals surface area contributed by atoms with Gasteiger partial charge in [-0.2, -0.15) is 5.26 Å². The molecule has 5 heteroatoms. The number of rotatable bonds is 3. The molecule has 0 saturated heterocycles. The summed E-state index contributed by atoms with van der Waals surface area (Å²) in [6.45, 7) is 0.357. The maximum atomic E-state index is 12.1. The summed E-state index contributed by atoms with van der Waals surface area (Å²) in [6, 6.07) is 22.7. The van der Waals surface area contributed by atoms with Crippen molar-refractivity contribution in [1.82, 2.24) is 5.32 Å². The van der Waals surface area contributed by atoms with Crippen LogP contribution in [-0.2, 0) is 4.74 Å². The lowest BCUT2D eigenvalue weighted by Gasteiger charge is -2.14. The number of phenolic OH excluding ortho intramolecular Hbond substituents is 1. The number of alkyl carbamates (subject to hydrolysis) is 1. The summed E-state index contributed by atoms with van der Waals surface area (Å²) in [5.74, 6) is 5.58. The Morgan fingerprint density at radius 2 is 1.70 bits per heavy atom. The molecule has 5 nitrogen and oxygen atoms in total. The van der Waals surface area contributed by atoms with E-state index >= 15 is 0 Å². The third kappa shape index (κ3) is 3.83. The van der Waals surface area contributed by atoms with Gasteiger partial charge in [-0.25, -0.2) is 4.79 Å². The quantitative estimate of drug-likeness (QED) is 0.654. The molecule has 0 aliphatic heterocycles. The normalized spacial score (nSPS) is 11.4. The standard InChI is InChI=1S/C25H18N2O3/c26-15-18-14-17(11-12-24(18)28)6-5-13-27-25(29)30-16-23-21-9-3-1-7-19(21)20-8-2-4-10-22(20)23/h1-4,7-12,14,23,28H,13,16H2,(H,27,29). The van der Waals surface area contributed by atoms with Crippen LogP contribution in [0.3, 0.4) is 0 Å². The summed E-state index contributed by atoms with van der Waals surface area (Å²) >= 11 is 0. The number of aromatic hydroxyl groups is 1. The molecule has 3 aromatic carbocycles. The highest BCUT2D eigenvalue weighted by atomic mass is 16.5. The summed E-state index contributed by atoms with van der Waals surface area (Å²) in [4.78, 5) is 12.1. The number of benzene rings is 3. The lowest BCUT2D eigenvalue weighted by molar-refractivity contribution is 0.144. The molecule has 2 N–H and O–H groups in total. The van der Waals surface area contributed by atoms with Gasteiger partial charge in [0.05, 0.1) is 12.1 Å². The summed E-state index contributed by atoms with van der Waals surface area (Å²) < 4.78 is 5.45. The SMILES string of the molecule is N#Cc1cc(C#CCNC(=O)OCC2c3ccccc3-c3ccccc32)ccc1O. The summed E-state index contributed by atoms with van der Waals surface area (Å²) in [5, 5.41) is 21.0. The van der Waals surface area contributed by atoms with Crippen LogP contribution in [0, 0.1) is 23.2 Å². The molecule has 30 heavy (non-hydrogen) atoms. The largest absolute Gasteiger partial charge is 0.507 e. The van der Waals surface area contributed by atoms with Gasteiger partial charge in [-0.1, -0.05) is 60.4 Å². The van der Waals surface area contributed by atoms with Gasteiger partial charge < -0.3 is 15.2 Å². The molecule has 0 radical (unpaired) electrons. The number of fused-ring (bicyclic) bond motifs is 3. The number of nitrogens with zero attached hydrogens (tertiary/aromatic N) is 1. The monoisotopic (exact) mass is 394 g/mol. The summed E-state index contributed by atoms with van der Waals surface area (Å²) in [7, 11) is 0. The second kappa shape index (κ2) is 8.43. The first-order valence-corrected chi connectivity index (χ1v) is 9.48. The Labute approximate surface area is 174 Å². The van der Waals surface area contributed by atoms with Crippen molar-refractivity contribution in [3.05, 3.63) is 89.0 Å². The molecule has 0 fully saturated rings. The van der Waals surface area contributed by atoms with Crippen LogP contribution >= 0.6 is 0 Å². The Balaban J connectivity index is 1.35. The highest BCUT2D eigenvalue weighted by Gasteiger charge is 2.28. The Morgan fingerprint density at radius 3 is 2.37 bits per heavy atom. The molecule has 1 aliphatic carbocycles. The van der Waals surface area contributed by atoms with E-state index in [0.717, 1.165) is 11.1 Å². The number of carbonyl (C=O) groups is 1. The van der Waals surface area contributed by atoms with E-state index in [0.29, 0.717) is 5.56 Å². The molecule has 0 saturated carbocycles. The van der Waals surface area contributed by atoms with Gasteiger partial charge in [0.2, 0.25) is 0 Å². The van der Waals surface area contributed by atoms with E-state index in [9.17, 15) is 9.90 Å². The molecule has 0 unspecified atom stereocenters. The molecule has 4 rings (SSSR count). The van der Waals surface area contributed by atoms with Gasteiger partial charge in [-0.3, -0.25) is 0 Å². The minimum atomic E-state index is -0.533. The Morgan fingerprint density at radius 1 is 1.03 bits per heavy atom. The lowest BCUT2D eigenvalue weighted by Crippen LogP contribution is -2.26. The molecule has 146 valence electrons. The first-order valence-electron chi connectivity index (χ1n) is 9.48. The van der Waals surface area contributed by atoms with Crippen molar-refractivity contribution in [2.45, 2.75) is 5.92 Å². The molecule has 1 amide bonds. The van der Waals surface area contributed by atoms with E-state index in [2.05, 4.69) is 41.4 Å². The fourth-order valence-corrected chi connectivity index (χ4v) is 3.62. The first kappa shape index (κ1) is 19.1. The van der Waals surface area contributed by atoms with Crippen molar-refractivity contribution in [3.8, 4) is 34.8 Å². The molecule has 0 spiro atoms. The first-order chi connectivity index (χ1) is 14.7. The van der Waals surface area contributed by atoms with Gasteiger partial charge in [0.1, 0.15) is 18.4 Å². The average Bonchev–Trinajstić information content (AvgIpc) is 3.10. The minimum absolute atomic E-state index is 0.00985. The smallest absolute Gasteiger partial charge is 0.407 e. The van der Waals surface area contributed by atoms with Crippen molar-refractivity contribution < 1.29 is 14.6 Å². The van der Waals surface area contributed by atoms with Crippen molar-refractivity contribution in [2.75, 3.05) is 13.2 Å². The molecular formula is C25H18N2O3. The predicted molar refractivity (Wildman–Crippen MR) is 113 cm³/mol. The topological polar surface area (TPSA) is 82.4 Å². The molecule has 0 aromatic heterocycles. The van der Waals surface area contributed by atoms with E-state index < -0.39 is 6.09 Å². The molecule has 1 aliphatic rings. The zero-order chi connectivity index (χ0) is 20.9. The third-order valence-electron chi connectivity index (χ3n) is 5.01. The number of nitrogens with one attached hydrogen (secondary N) is 1. The average molecular weight is 394 g/mol. The van der Waals surface area contributed by atoms with Gasteiger partial charge in [0.15, 0.2) is 0 Å². The highest BCUT2D eigenvalue weighted by molar-refractivity contribution is 5.79. The maximum absolute atomic E-state index is 12.1. The van der Waals surface area contributed by atoms with Crippen molar-refractivity contribution in [3.63, 3.8) is 0 Å². The van der Waals surface area contributed by atoms with Crippen molar-refractivity contribution in [2.24, 2.45) is 0 Å². The van der Waals surface area contributed by atoms with Crippen molar-refractivity contribution in [1.29, 1.82) is 5.26 Å². The van der Waals surface area contributed by atoms with E-state index in [1.165, 1.54) is 23.3 Å². The van der Waals surface area contributed by atoms with E-state index in [4.69, 9.17) is 10.00 Å². The number of hydrogen-bond donors (Lipinski definition) is 2. The second-order valence-corrected chi connectivity index (χ2v) is 6.82. The van der Waals surface area contributed by atoms with Crippen molar-refractivity contribution >= 4 is 6.09 Å². The number of phenols is 1. The Bertz CT molecular complexity index is 1170. The van der Waals surface area contributed by atoms with Gasteiger partial charge in [0, 0.05) is 11.5 Å². The molecule has 0 heterocycles. The highest BCUT2D eigenvalue weighted by Crippen LogP contribution is 2.44. The van der Waals surface area contributed by atoms with Crippen LogP contribution < -0.4 is 5.32 Å². The van der Waals surface area contributed by atoms with E-state index in [1.54, 1.807) is 6.07 Å². The van der Waals surface area contributed by atoms with Crippen LogP contribution in [0.25, 0.3) is 11.1 Å². The minimum Gasteiger partial charge on any atom is -0.507 e. The number of carbonyl (C=O) groups excluding carboxylic acids is 1. The fourth-order valence-electron chi connectivity index (χ4n) is 3.62. The van der Waals surface area contributed by atoms with Gasteiger partial charge in [0.25, 0.3) is 0 Å². The Kier molecular flexibility index (Phi) is 5.37. The van der Waals surface area contributed by atoms with Crippen LogP contribution in [0.15, 0.2) is 66.7 Å². The van der Waals surface area contributed by atoms with Crippen LogP contribution in [0.1, 0.15) is 28.2 Å². The van der Waals surface area contributed by atoms with Gasteiger partial charge in [-0.15, -0.1) is 0 Å². The predicted octanol–water partition coefficient (Wildman–Crippen LogP) is 4.15. The zero-order valence-electron chi connectivity index (χ0n) is 16.1. The number of ether oxygens (including phenoxy) is 1. The number of amides is 1. The third-order valence-corrected chi connectivity index (χ3v) is 5.01. The van der Waals surface area contributed by atoms with Crippen LogP contribution in [0.5, 0.6) is 5.75 Å². The van der Waals surface area contributed by atoms with E-state index in [-0.39, 0.29) is 30.4 Å². The molecule has 0 atom stereocenters. The molecule has 0 bridgehead atoms. The molecular weight excluding hydrogens is 376 g/mol. The maximum Gasteiger partial charge on any atom is 0.407 e. The Hall–Kier alpha value is -4.22. The number of nitriles is 1. The summed E-state index contributed by atoms with van der Waals surface area (Å²) in [5.41, 5.74) is 5.42. The van der Waals surface area contributed by atoms with Gasteiger partial charge in [-0.05, 0) is 40.5 Å². The van der Waals surface area contributed by atoms with Crippen LogP contribution in [0.4, 0.5) is 4.79 Å². The van der Waals surface area contributed by atoms with Gasteiger partial charge >= 0.3 is 6.09 Å². The summed E-state index contributed by atoms with van der Waals surface area (Å²) in [6.07, 6.45) is -0.533. The zero-order valence-corrected chi connectivity index (χ0v) is 16.1. The number of hydrogen-bond acceptors (Lipinski definition) is 4. The lowest BCUT2D eigenvalue weighted by atomic mass is 9.98. The van der Waals surface area contributed by atoms with Crippen LogP contribution in [0.2, 0.25) is 0 Å². The molecule has 3 aromatic rings.